The van der Waals surface area contributed by atoms with E-state index >= 15 is 0 Å². The zero-order valence-electron chi connectivity index (χ0n) is 19.4. The first-order valence-electron chi connectivity index (χ1n) is 11.9. The van der Waals surface area contributed by atoms with Crippen LogP contribution in [0.15, 0.2) is 53.4 Å². The van der Waals surface area contributed by atoms with Gasteiger partial charge in [-0.15, -0.1) is 0 Å². The molecule has 7 nitrogen and oxygen atoms in total. The van der Waals surface area contributed by atoms with Crippen molar-refractivity contribution in [2.24, 2.45) is 0 Å². The Hall–Kier alpha value is -2.42. The highest BCUT2D eigenvalue weighted by Crippen LogP contribution is 2.22. The lowest BCUT2D eigenvalue weighted by molar-refractivity contribution is -0.116. The molecule has 2 aromatic rings. The number of carbonyl (C=O) groups is 1. The first-order valence-corrected chi connectivity index (χ1v) is 13.4. The molecule has 33 heavy (non-hydrogen) atoms. The van der Waals surface area contributed by atoms with Gasteiger partial charge in [0.15, 0.2) is 0 Å². The number of likely N-dealkylation sites (N-methyl/N-ethyl adjacent to an activating group) is 1. The average Bonchev–Trinajstić information content (AvgIpc) is 3.40. The van der Waals surface area contributed by atoms with Crippen LogP contribution in [0.2, 0.25) is 0 Å². The standard InChI is InChI=1S/C25H34N4O3S/c1-2-27-17-19-28(20-18-27)23-10-8-22(9-11-23)26-25(30)14-7-21-5-12-24(13-6-21)33(31,32)29-15-3-4-16-29/h5-6,8-13H,2-4,7,14-20H2,1H3,(H,26,30). The average molecular weight is 471 g/mol. The van der Waals surface area contributed by atoms with E-state index in [2.05, 4.69) is 34.2 Å². The van der Waals surface area contributed by atoms with Crippen LogP contribution in [0.4, 0.5) is 11.4 Å². The van der Waals surface area contributed by atoms with Gasteiger partial charge in [0.25, 0.3) is 0 Å². The Morgan fingerprint density at radius 3 is 2.12 bits per heavy atom. The molecule has 8 heteroatoms. The zero-order valence-corrected chi connectivity index (χ0v) is 20.2. The van der Waals surface area contributed by atoms with Gasteiger partial charge in [-0.05, 0) is 67.8 Å². The number of nitrogens with one attached hydrogen (secondary N) is 1. The van der Waals surface area contributed by atoms with Crippen molar-refractivity contribution in [1.29, 1.82) is 0 Å². The predicted octanol–water partition coefficient (Wildman–Crippen LogP) is 3.18. The molecule has 178 valence electrons. The second kappa shape index (κ2) is 10.7. The molecule has 0 aliphatic carbocycles. The van der Waals surface area contributed by atoms with Crippen molar-refractivity contribution in [1.82, 2.24) is 9.21 Å². The van der Waals surface area contributed by atoms with Crippen LogP contribution in [0.25, 0.3) is 0 Å². The van der Waals surface area contributed by atoms with Gasteiger partial charge < -0.3 is 15.1 Å². The van der Waals surface area contributed by atoms with E-state index in [1.54, 1.807) is 16.4 Å². The van der Waals surface area contributed by atoms with E-state index in [4.69, 9.17) is 0 Å². The molecule has 2 fully saturated rings. The Morgan fingerprint density at radius 2 is 1.52 bits per heavy atom. The van der Waals surface area contributed by atoms with Crippen LogP contribution in [-0.2, 0) is 21.2 Å². The van der Waals surface area contributed by atoms with E-state index in [1.165, 1.54) is 5.69 Å². The van der Waals surface area contributed by atoms with Gasteiger partial charge in [0, 0.05) is 57.1 Å². The third kappa shape index (κ3) is 5.93. The molecule has 2 heterocycles. The van der Waals surface area contributed by atoms with E-state index in [0.29, 0.717) is 30.8 Å². The first kappa shape index (κ1) is 23.7. The van der Waals surface area contributed by atoms with Gasteiger partial charge in [-0.1, -0.05) is 19.1 Å². The lowest BCUT2D eigenvalue weighted by Gasteiger charge is -2.35. The van der Waals surface area contributed by atoms with Crippen LogP contribution in [0.5, 0.6) is 0 Å². The third-order valence-electron chi connectivity index (χ3n) is 6.60. The molecule has 4 rings (SSSR count). The maximum atomic E-state index is 12.6. The van der Waals surface area contributed by atoms with Gasteiger partial charge in [0.1, 0.15) is 0 Å². The van der Waals surface area contributed by atoms with Crippen LogP contribution in [0, 0.1) is 0 Å². The molecule has 0 spiro atoms. The minimum atomic E-state index is -3.40. The largest absolute Gasteiger partial charge is 0.369 e. The number of amides is 1. The van der Waals surface area contributed by atoms with Crippen molar-refractivity contribution in [3.63, 3.8) is 0 Å². The third-order valence-corrected chi connectivity index (χ3v) is 8.52. The molecular weight excluding hydrogens is 436 g/mol. The molecule has 2 aromatic carbocycles. The highest BCUT2D eigenvalue weighted by molar-refractivity contribution is 7.89. The summed E-state index contributed by atoms with van der Waals surface area (Å²) in [6.07, 6.45) is 2.75. The fourth-order valence-corrected chi connectivity index (χ4v) is 5.98. The second-order valence-corrected chi connectivity index (χ2v) is 10.7. The number of piperazine rings is 1. The molecule has 0 saturated carbocycles. The van der Waals surface area contributed by atoms with E-state index in [-0.39, 0.29) is 5.91 Å². The summed E-state index contributed by atoms with van der Waals surface area (Å²) < 4.78 is 26.8. The van der Waals surface area contributed by atoms with Crippen molar-refractivity contribution < 1.29 is 13.2 Å². The number of sulfonamides is 1. The van der Waals surface area contributed by atoms with Crippen molar-refractivity contribution in [2.75, 3.05) is 56.0 Å². The van der Waals surface area contributed by atoms with Gasteiger partial charge in [-0.2, -0.15) is 4.31 Å². The maximum Gasteiger partial charge on any atom is 0.243 e. The second-order valence-electron chi connectivity index (χ2n) is 8.77. The van der Waals surface area contributed by atoms with Gasteiger partial charge in [-0.3, -0.25) is 4.79 Å². The zero-order chi connectivity index (χ0) is 23.3. The Balaban J connectivity index is 1.25. The molecule has 0 aromatic heterocycles. The Bertz CT molecular complexity index is 1020. The summed E-state index contributed by atoms with van der Waals surface area (Å²) in [6.45, 7) is 8.71. The van der Waals surface area contributed by atoms with Crippen molar-refractivity contribution in [2.45, 2.75) is 37.5 Å². The monoisotopic (exact) mass is 470 g/mol. The number of carbonyl (C=O) groups excluding carboxylic acids is 1. The van der Waals surface area contributed by atoms with E-state index in [0.717, 1.165) is 56.8 Å². The quantitative estimate of drug-likeness (QED) is 0.642. The number of hydrogen-bond donors (Lipinski definition) is 1. The van der Waals surface area contributed by atoms with E-state index in [9.17, 15) is 13.2 Å². The summed E-state index contributed by atoms with van der Waals surface area (Å²) in [5.74, 6) is -0.0481. The molecular formula is C25H34N4O3S. The summed E-state index contributed by atoms with van der Waals surface area (Å²) >= 11 is 0. The van der Waals surface area contributed by atoms with Gasteiger partial charge >= 0.3 is 0 Å². The Labute approximate surface area is 197 Å². The normalized spacial score (nSPS) is 17.9. The predicted molar refractivity (Wildman–Crippen MR) is 132 cm³/mol. The van der Waals surface area contributed by atoms with Crippen molar-refractivity contribution in [3.8, 4) is 0 Å². The minimum Gasteiger partial charge on any atom is -0.369 e. The molecule has 2 saturated heterocycles. The number of anilines is 2. The Morgan fingerprint density at radius 1 is 0.879 bits per heavy atom. The summed E-state index contributed by atoms with van der Waals surface area (Å²) in [7, 11) is -3.40. The summed E-state index contributed by atoms with van der Waals surface area (Å²) in [6, 6.07) is 15.0. The van der Waals surface area contributed by atoms with Gasteiger partial charge in [0.2, 0.25) is 15.9 Å². The summed E-state index contributed by atoms with van der Waals surface area (Å²) in [5, 5.41) is 2.96. The molecule has 2 aliphatic rings. The highest BCUT2D eigenvalue weighted by atomic mass is 32.2. The van der Waals surface area contributed by atoms with Gasteiger partial charge in [-0.25, -0.2) is 8.42 Å². The molecule has 0 radical (unpaired) electrons. The molecule has 0 atom stereocenters. The van der Waals surface area contributed by atoms with Crippen molar-refractivity contribution in [3.05, 3.63) is 54.1 Å². The lowest BCUT2D eigenvalue weighted by Crippen LogP contribution is -2.46. The maximum absolute atomic E-state index is 12.6. The molecule has 0 unspecified atom stereocenters. The Kier molecular flexibility index (Phi) is 7.67. The van der Waals surface area contributed by atoms with Gasteiger partial charge in [0.05, 0.1) is 4.90 Å². The number of aryl methyl sites for hydroxylation is 1. The highest BCUT2D eigenvalue weighted by Gasteiger charge is 2.26. The topological polar surface area (TPSA) is 73.0 Å². The molecule has 2 aliphatic heterocycles. The summed E-state index contributed by atoms with van der Waals surface area (Å²) in [5.41, 5.74) is 2.93. The lowest BCUT2D eigenvalue weighted by atomic mass is 10.1. The fraction of sp³-hybridized carbons (Fsp3) is 0.480. The SMILES string of the molecule is CCN1CCN(c2ccc(NC(=O)CCc3ccc(S(=O)(=O)N4CCCC4)cc3)cc2)CC1. The van der Waals surface area contributed by atoms with Crippen LogP contribution in [0.1, 0.15) is 31.7 Å². The van der Waals surface area contributed by atoms with E-state index < -0.39 is 10.0 Å². The number of hydrogen-bond acceptors (Lipinski definition) is 5. The van der Waals surface area contributed by atoms with E-state index in [1.807, 2.05) is 24.3 Å². The van der Waals surface area contributed by atoms with Crippen LogP contribution < -0.4 is 10.2 Å². The smallest absolute Gasteiger partial charge is 0.243 e. The number of rotatable bonds is 8. The van der Waals surface area contributed by atoms with Crippen LogP contribution in [0.3, 0.4) is 0 Å². The van der Waals surface area contributed by atoms with Crippen LogP contribution >= 0.6 is 0 Å². The van der Waals surface area contributed by atoms with Crippen LogP contribution in [-0.4, -0.2) is 69.3 Å². The summed E-state index contributed by atoms with van der Waals surface area (Å²) in [4.78, 5) is 17.6. The number of benzene rings is 2. The minimum absolute atomic E-state index is 0.0481. The fourth-order valence-electron chi connectivity index (χ4n) is 4.46. The molecule has 1 amide bonds. The van der Waals surface area contributed by atoms with Crippen molar-refractivity contribution >= 4 is 27.3 Å². The molecule has 0 bridgehead atoms. The molecule has 1 N–H and O–H groups in total. The number of nitrogens with zero attached hydrogens (tertiary/aromatic N) is 3. The first-order chi connectivity index (χ1) is 16.0.